The molecule has 0 fully saturated rings. The fraction of sp³-hybridized carbons (Fsp3) is 0.462. The minimum absolute atomic E-state index is 0.0231. The molecule has 1 unspecified atom stereocenters. The van der Waals surface area contributed by atoms with E-state index in [-0.39, 0.29) is 16.8 Å². The van der Waals surface area contributed by atoms with Crippen molar-refractivity contribution in [3.05, 3.63) is 24.3 Å². The number of ether oxygens (including phenoxy) is 1. The van der Waals surface area contributed by atoms with Crippen molar-refractivity contribution in [3.8, 4) is 5.75 Å². The standard InChI is InChI=1S/C13H18BrNO2/c1-4-12(14)13(16)15-10-5-7-11(8-6-10)17-9(2)3/h5-9,12H,4H2,1-3H3,(H,15,16). The van der Waals surface area contributed by atoms with Gasteiger partial charge in [0.15, 0.2) is 0 Å². The predicted molar refractivity (Wildman–Crippen MR) is 73.8 cm³/mol. The van der Waals surface area contributed by atoms with Crippen LogP contribution in [-0.4, -0.2) is 16.8 Å². The van der Waals surface area contributed by atoms with Crippen molar-refractivity contribution < 1.29 is 9.53 Å². The van der Waals surface area contributed by atoms with E-state index in [1.807, 2.05) is 45.0 Å². The van der Waals surface area contributed by atoms with E-state index >= 15 is 0 Å². The molecule has 4 heteroatoms. The molecule has 0 aliphatic rings. The minimum atomic E-state index is -0.144. The number of hydrogen-bond donors (Lipinski definition) is 1. The average Bonchev–Trinajstić information content (AvgIpc) is 2.30. The molecule has 0 aliphatic carbocycles. The minimum Gasteiger partial charge on any atom is -0.491 e. The summed E-state index contributed by atoms with van der Waals surface area (Å²) in [5.41, 5.74) is 0.781. The van der Waals surface area contributed by atoms with Crippen LogP contribution in [0.5, 0.6) is 5.75 Å². The summed E-state index contributed by atoms with van der Waals surface area (Å²) < 4.78 is 5.52. The number of anilines is 1. The summed E-state index contributed by atoms with van der Waals surface area (Å²) in [5, 5.41) is 2.83. The van der Waals surface area contributed by atoms with Crippen molar-refractivity contribution in [2.75, 3.05) is 5.32 Å². The molecule has 1 N–H and O–H groups in total. The number of carbonyl (C=O) groups excluding carboxylic acids is 1. The quantitative estimate of drug-likeness (QED) is 0.844. The number of nitrogens with one attached hydrogen (secondary N) is 1. The Balaban J connectivity index is 2.59. The van der Waals surface area contributed by atoms with E-state index in [2.05, 4.69) is 21.2 Å². The summed E-state index contributed by atoms with van der Waals surface area (Å²) in [6, 6.07) is 7.38. The highest BCUT2D eigenvalue weighted by atomic mass is 79.9. The molecule has 0 aromatic heterocycles. The van der Waals surface area contributed by atoms with Crippen LogP contribution in [0.15, 0.2) is 24.3 Å². The highest BCUT2D eigenvalue weighted by molar-refractivity contribution is 9.10. The zero-order chi connectivity index (χ0) is 12.8. The van der Waals surface area contributed by atoms with Crippen molar-refractivity contribution in [2.45, 2.75) is 38.1 Å². The van der Waals surface area contributed by atoms with Gasteiger partial charge in [0.05, 0.1) is 10.9 Å². The topological polar surface area (TPSA) is 38.3 Å². The van der Waals surface area contributed by atoms with E-state index in [1.165, 1.54) is 0 Å². The predicted octanol–water partition coefficient (Wildman–Crippen LogP) is 3.59. The summed E-state index contributed by atoms with van der Waals surface area (Å²) in [4.78, 5) is 11.5. The lowest BCUT2D eigenvalue weighted by atomic mass is 10.2. The molecule has 1 rings (SSSR count). The van der Waals surface area contributed by atoms with Gasteiger partial charge in [0.2, 0.25) is 5.91 Å². The number of halogens is 1. The highest BCUT2D eigenvalue weighted by Crippen LogP contribution is 2.18. The summed E-state index contributed by atoms with van der Waals surface area (Å²) >= 11 is 3.31. The van der Waals surface area contributed by atoms with Crippen LogP contribution in [0.2, 0.25) is 0 Å². The average molecular weight is 300 g/mol. The number of carbonyl (C=O) groups is 1. The number of rotatable bonds is 5. The first-order chi connectivity index (χ1) is 8.02. The Morgan fingerprint density at radius 2 is 1.94 bits per heavy atom. The third-order valence-corrected chi connectivity index (χ3v) is 3.20. The zero-order valence-corrected chi connectivity index (χ0v) is 12.0. The van der Waals surface area contributed by atoms with Crippen LogP contribution in [-0.2, 0) is 4.79 Å². The van der Waals surface area contributed by atoms with Crippen LogP contribution in [0.4, 0.5) is 5.69 Å². The molecule has 3 nitrogen and oxygen atoms in total. The third-order valence-electron chi connectivity index (χ3n) is 2.14. The first-order valence-electron chi connectivity index (χ1n) is 5.74. The first kappa shape index (κ1) is 14.0. The van der Waals surface area contributed by atoms with Gasteiger partial charge >= 0.3 is 0 Å². The Labute approximate surface area is 111 Å². The molecule has 1 amide bonds. The van der Waals surface area contributed by atoms with Gasteiger partial charge < -0.3 is 10.1 Å². The van der Waals surface area contributed by atoms with Crippen molar-refractivity contribution in [2.24, 2.45) is 0 Å². The van der Waals surface area contributed by atoms with Crippen molar-refractivity contribution in [3.63, 3.8) is 0 Å². The van der Waals surface area contributed by atoms with Crippen LogP contribution >= 0.6 is 15.9 Å². The van der Waals surface area contributed by atoms with E-state index in [1.54, 1.807) is 0 Å². The Kier molecular flexibility index (Phi) is 5.48. The van der Waals surface area contributed by atoms with Crippen molar-refractivity contribution >= 4 is 27.5 Å². The van der Waals surface area contributed by atoms with E-state index < -0.39 is 0 Å². The molecule has 0 aliphatic heterocycles. The number of amides is 1. The van der Waals surface area contributed by atoms with Crippen LogP contribution in [0, 0.1) is 0 Å². The smallest absolute Gasteiger partial charge is 0.238 e. The number of benzene rings is 1. The van der Waals surface area contributed by atoms with E-state index in [9.17, 15) is 4.79 Å². The molecule has 0 heterocycles. The third kappa shape index (κ3) is 4.77. The van der Waals surface area contributed by atoms with E-state index in [4.69, 9.17) is 4.74 Å². The molecule has 0 spiro atoms. The zero-order valence-electron chi connectivity index (χ0n) is 10.4. The second-order valence-electron chi connectivity index (χ2n) is 4.06. The first-order valence-corrected chi connectivity index (χ1v) is 6.66. The Morgan fingerprint density at radius 1 is 1.35 bits per heavy atom. The molecular weight excluding hydrogens is 282 g/mol. The van der Waals surface area contributed by atoms with Crippen molar-refractivity contribution in [1.29, 1.82) is 0 Å². The monoisotopic (exact) mass is 299 g/mol. The van der Waals surface area contributed by atoms with Crippen LogP contribution < -0.4 is 10.1 Å². The molecular formula is C13H18BrNO2. The Bertz CT molecular complexity index is 362. The molecule has 1 atom stereocenters. The van der Waals surface area contributed by atoms with Gasteiger partial charge in [-0.25, -0.2) is 0 Å². The summed E-state index contributed by atoms with van der Waals surface area (Å²) in [7, 11) is 0. The fourth-order valence-corrected chi connectivity index (χ4v) is 1.41. The Hall–Kier alpha value is -1.03. The van der Waals surface area contributed by atoms with Crippen LogP contribution in [0.25, 0.3) is 0 Å². The second kappa shape index (κ2) is 6.64. The lowest BCUT2D eigenvalue weighted by molar-refractivity contribution is -0.115. The lowest BCUT2D eigenvalue weighted by Crippen LogP contribution is -2.21. The van der Waals surface area contributed by atoms with E-state index in [0.717, 1.165) is 17.9 Å². The largest absolute Gasteiger partial charge is 0.491 e. The molecule has 0 saturated heterocycles. The van der Waals surface area contributed by atoms with Crippen molar-refractivity contribution in [1.82, 2.24) is 0 Å². The maximum atomic E-state index is 11.6. The summed E-state index contributed by atoms with van der Waals surface area (Å²) in [6.07, 6.45) is 0.919. The van der Waals surface area contributed by atoms with Gasteiger partial charge in [0.25, 0.3) is 0 Å². The highest BCUT2D eigenvalue weighted by Gasteiger charge is 2.12. The van der Waals surface area contributed by atoms with Crippen LogP contribution in [0.3, 0.4) is 0 Å². The summed E-state index contributed by atoms with van der Waals surface area (Å²) in [5.74, 6) is 0.786. The molecule has 1 aromatic rings. The molecule has 0 saturated carbocycles. The van der Waals surface area contributed by atoms with E-state index in [0.29, 0.717) is 0 Å². The van der Waals surface area contributed by atoms with Gasteiger partial charge in [-0.1, -0.05) is 22.9 Å². The SMILES string of the molecule is CCC(Br)C(=O)Nc1ccc(OC(C)C)cc1. The molecule has 1 aromatic carbocycles. The maximum absolute atomic E-state index is 11.6. The molecule has 0 bridgehead atoms. The Morgan fingerprint density at radius 3 is 2.41 bits per heavy atom. The second-order valence-corrected chi connectivity index (χ2v) is 5.16. The van der Waals surface area contributed by atoms with Gasteiger partial charge in [-0.15, -0.1) is 0 Å². The molecule has 0 radical (unpaired) electrons. The van der Waals surface area contributed by atoms with Gasteiger partial charge in [0, 0.05) is 5.69 Å². The number of alkyl halides is 1. The maximum Gasteiger partial charge on any atom is 0.238 e. The molecule has 17 heavy (non-hydrogen) atoms. The molecule has 94 valence electrons. The number of hydrogen-bond acceptors (Lipinski definition) is 2. The van der Waals surface area contributed by atoms with Gasteiger partial charge in [0.1, 0.15) is 5.75 Å². The normalized spacial score (nSPS) is 12.3. The lowest BCUT2D eigenvalue weighted by Gasteiger charge is -2.11. The van der Waals surface area contributed by atoms with Gasteiger partial charge in [-0.2, -0.15) is 0 Å². The van der Waals surface area contributed by atoms with Gasteiger partial charge in [-0.3, -0.25) is 4.79 Å². The van der Waals surface area contributed by atoms with Gasteiger partial charge in [-0.05, 0) is 44.5 Å². The fourth-order valence-electron chi connectivity index (χ4n) is 1.29. The van der Waals surface area contributed by atoms with Crippen LogP contribution in [0.1, 0.15) is 27.2 Å². The summed E-state index contributed by atoms with van der Waals surface area (Å²) in [6.45, 7) is 5.91.